The van der Waals surface area contributed by atoms with Gasteiger partial charge in [0.05, 0.1) is 12.2 Å². The predicted octanol–water partition coefficient (Wildman–Crippen LogP) is 1.09. The highest BCUT2D eigenvalue weighted by Crippen LogP contribution is 2.22. The Labute approximate surface area is 104 Å². The Hall–Kier alpha value is -2.11. The third-order valence-corrected chi connectivity index (χ3v) is 2.82. The molecule has 0 spiro atoms. The molecule has 0 atom stereocenters. The largest absolute Gasteiger partial charge is 0.475 e. The molecule has 1 aromatic heterocycles. The van der Waals surface area contributed by atoms with Crippen molar-refractivity contribution in [1.82, 2.24) is 4.57 Å². The third-order valence-electron chi connectivity index (χ3n) is 2.82. The topological polar surface area (TPSA) is 85.6 Å². The van der Waals surface area contributed by atoms with Crippen LogP contribution in [0.5, 0.6) is 0 Å². The molecule has 0 fully saturated rings. The van der Waals surface area contributed by atoms with Gasteiger partial charge in [-0.1, -0.05) is 0 Å². The molecule has 0 aliphatic heterocycles. The lowest BCUT2D eigenvalue weighted by Gasteiger charge is -2.05. The Morgan fingerprint density at radius 2 is 1.83 bits per heavy atom. The second-order valence-corrected chi connectivity index (χ2v) is 3.85. The van der Waals surface area contributed by atoms with Gasteiger partial charge in [0, 0.05) is 12.7 Å². The van der Waals surface area contributed by atoms with E-state index in [9.17, 15) is 14.4 Å². The first-order valence-corrected chi connectivity index (χ1v) is 5.43. The molecule has 1 N–H and O–H groups in total. The molecule has 0 bridgehead atoms. The van der Waals surface area contributed by atoms with Crippen molar-refractivity contribution in [3.63, 3.8) is 0 Å². The molecule has 0 aliphatic rings. The van der Waals surface area contributed by atoms with Crippen molar-refractivity contribution in [2.24, 2.45) is 7.05 Å². The van der Waals surface area contributed by atoms with Crippen molar-refractivity contribution in [3.05, 3.63) is 22.5 Å². The number of hydrogen-bond acceptors (Lipinski definition) is 4. The van der Waals surface area contributed by atoms with Crippen LogP contribution in [0.2, 0.25) is 0 Å². The van der Waals surface area contributed by atoms with Gasteiger partial charge in [-0.25, -0.2) is 9.59 Å². The van der Waals surface area contributed by atoms with Gasteiger partial charge in [0.1, 0.15) is 5.69 Å². The first kappa shape index (κ1) is 14.0. The molecule has 6 heteroatoms. The minimum atomic E-state index is -1.54. The fraction of sp³-hybridized carbons (Fsp3) is 0.417. The normalized spacial score (nSPS) is 10.2. The van der Waals surface area contributed by atoms with Gasteiger partial charge in [-0.05, 0) is 26.3 Å². The molecular weight excluding hydrogens is 238 g/mol. The summed E-state index contributed by atoms with van der Waals surface area (Å²) in [6.07, 6.45) is 0. The van der Waals surface area contributed by atoms with E-state index in [2.05, 4.69) is 0 Å². The smallest absolute Gasteiger partial charge is 0.377 e. The van der Waals surface area contributed by atoms with Gasteiger partial charge in [0.15, 0.2) is 0 Å². The number of aliphatic carboxylic acids is 1. The standard InChI is InChI=1S/C12H15NO5/c1-5-18-12(17)9-6(2)8(7(3)13(9)4)10(14)11(15)16/h5H2,1-4H3,(H,15,16). The fourth-order valence-corrected chi connectivity index (χ4v) is 1.91. The molecular formula is C12H15NO5. The van der Waals surface area contributed by atoms with E-state index < -0.39 is 17.7 Å². The number of ether oxygens (including phenoxy) is 1. The van der Waals surface area contributed by atoms with Gasteiger partial charge in [-0.2, -0.15) is 0 Å². The number of carbonyl (C=O) groups is 3. The Kier molecular flexibility index (Phi) is 3.90. The van der Waals surface area contributed by atoms with E-state index in [0.717, 1.165) is 0 Å². The Balaban J connectivity index is 3.41. The van der Waals surface area contributed by atoms with E-state index in [-0.39, 0.29) is 17.9 Å². The number of carboxylic acids is 1. The van der Waals surface area contributed by atoms with Gasteiger partial charge in [0.2, 0.25) is 0 Å². The molecule has 1 aromatic rings. The molecule has 0 saturated heterocycles. The molecule has 18 heavy (non-hydrogen) atoms. The van der Waals surface area contributed by atoms with Crippen molar-refractivity contribution in [2.45, 2.75) is 20.8 Å². The van der Waals surface area contributed by atoms with E-state index in [1.807, 2.05) is 0 Å². The van der Waals surface area contributed by atoms with Crippen molar-refractivity contribution in [3.8, 4) is 0 Å². The van der Waals surface area contributed by atoms with Crippen LogP contribution in [0.4, 0.5) is 0 Å². The van der Waals surface area contributed by atoms with Crippen LogP contribution in [0.15, 0.2) is 0 Å². The summed E-state index contributed by atoms with van der Waals surface area (Å²) in [6.45, 7) is 5.01. The van der Waals surface area contributed by atoms with E-state index in [1.54, 1.807) is 20.9 Å². The quantitative estimate of drug-likeness (QED) is 0.493. The van der Waals surface area contributed by atoms with Crippen LogP contribution < -0.4 is 0 Å². The van der Waals surface area contributed by atoms with Crippen molar-refractivity contribution < 1.29 is 24.2 Å². The summed E-state index contributed by atoms with van der Waals surface area (Å²) in [6, 6.07) is 0. The average molecular weight is 253 g/mol. The second kappa shape index (κ2) is 5.03. The first-order valence-electron chi connectivity index (χ1n) is 5.43. The number of nitrogens with zero attached hydrogens (tertiary/aromatic N) is 1. The lowest BCUT2D eigenvalue weighted by atomic mass is 10.1. The summed E-state index contributed by atoms with van der Waals surface area (Å²) in [7, 11) is 1.59. The number of carbonyl (C=O) groups excluding carboxylic acids is 2. The van der Waals surface area contributed by atoms with Crippen LogP contribution in [0.3, 0.4) is 0 Å². The Morgan fingerprint density at radius 1 is 1.28 bits per heavy atom. The van der Waals surface area contributed by atoms with Crippen molar-refractivity contribution in [1.29, 1.82) is 0 Å². The highest BCUT2D eigenvalue weighted by atomic mass is 16.5. The minimum absolute atomic E-state index is 0.0491. The Bertz CT molecular complexity index is 527. The van der Waals surface area contributed by atoms with Crippen LogP contribution in [0.25, 0.3) is 0 Å². The van der Waals surface area contributed by atoms with Crippen LogP contribution in [-0.4, -0.2) is 34.0 Å². The van der Waals surface area contributed by atoms with Crippen LogP contribution in [0, 0.1) is 13.8 Å². The third kappa shape index (κ3) is 2.13. The maximum absolute atomic E-state index is 11.7. The lowest BCUT2D eigenvalue weighted by molar-refractivity contribution is -0.131. The van der Waals surface area contributed by atoms with E-state index in [0.29, 0.717) is 11.3 Å². The molecule has 1 rings (SSSR count). The van der Waals surface area contributed by atoms with E-state index >= 15 is 0 Å². The summed E-state index contributed by atoms with van der Waals surface area (Å²) in [5, 5.41) is 8.75. The number of esters is 1. The molecule has 98 valence electrons. The Morgan fingerprint density at radius 3 is 2.28 bits per heavy atom. The van der Waals surface area contributed by atoms with Crippen LogP contribution >= 0.6 is 0 Å². The second-order valence-electron chi connectivity index (χ2n) is 3.85. The maximum atomic E-state index is 11.7. The van der Waals surface area contributed by atoms with Gasteiger partial charge < -0.3 is 14.4 Å². The molecule has 0 radical (unpaired) electrons. The fourth-order valence-electron chi connectivity index (χ4n) is 1.91. The van der Waals surface area contributed by atoms with Crippen molar-refractivity contribution >= 4 is 17.7 Å². The van der Waals surface area contributed by atoms with E-state index in [4.69, 9.17) is 9.84 Å². The monoisotopic (exact) mass is 253 g/mol. The zero-order valence-corrected chi connectivity index (χ0v) is 10.7. The SMILES string of the molecule is CCOC(=O)c1c(C)c(C(=O)C(=O)O)c(C)n1C. The van der Waals surface area contributed by atoms with Crippen LogP contribution in [0.1, 0.15) is 39.0 Å². The average Bonchev–Trinajstić information content (AvgIpc) is 2.50. The number of aromatic nitrogens is 1. The van der Waals surface area contributed by atoms with Gasteiger partial charge in [0.25, 0.3) is 5.78 Å². The number of ketones is 1. The molecule has 0 aromatic carbocycles. The summed E-state index contributed by atoms with van der Waals surface area (Å²) in [5.41, 5.74) is 1.02. The molecule has 0 unspecified atom stereocenters. The summed E-state index contributed by atoms with van der Waals surface area (Å²) in [5.74, 6) is -3.12. The number of Topliss-reactive ketones (excluding diaryl/α,β-unsaturated/α-hetero) is 1. The van der Waals surface area contributed by atoms with Crippen LogP contribution in [-0.2, 0) is 16.6 Å². The van der Waals surface area contributed by atoms with Gasteiger partial charge in [-0.3, -0.25) is 4.79 Å². The van der Waals surface area contributed by atoms with Crippen molar-refractivity contribution in [2.75, 3.05) is 6.61 Å². The van der Waals surface area contributed by atoms with Gasteiger partial charge >= 0.3 is 11.9 Å². The number of carboxylic acid groups (broad SMARTS) is 1. The molecule has 1 heterocycles. The molecule has 0 aliphatic carbocycles. The summed E-state index contributed by atoms with van der Waals surface area (Å²) >= 11 is 0. The predicted molar refractivity (Wildman–Crippen MR) is 62.8 cm³/mol. The zero-order valence-electron chi connectivity index (χ0n) is 10.7. The first-order chi connectivity index (χ1) is 8.32. The number of hydrogen-bond donors (Lipinski definition) is 1. The highest BCUT2D eigenvalue weighted by molar-refractivity contribution is 6.40. The van der Waals surface area contributed by atoms with Gasteiger partial charge in [-0.15, -0.1) is 0 Å². The number of rotatable bonds is 4. The molecule has 6 nitrogen and oxygen atoms in total. The summed E-state index contributed by atoms with van der Waals surface area (Å²) < 4.78 is 6.36. The minimum Gasteiger partial charge on any atom is -0.475 e. The molecule has 0 amide bonds. The zero-order chi connectivity index (χ0) is 14.0. The lowest BCUT2D eigenvalue weighted by Crippen LogP contribution is -2.14. The van der Waals surface area contributed by atoms with E-state index in [1.165, 1.54) is 11.5 Å². The highest BCUT2D eigenvalue weighted by Gasteiger charge is 2.28. The molecule has 0 saturated carbocycles. The maximum Gasteiger partial charge on any atom is 0.377 e. The summed E-state index contributed by atoms with van der Waals surface area (Å²) in [4.78, 5) is 34.1.